The molecule has 1 aliphatic rings. The fourth-order valence-corrected chi connectivity index (χ4v) is 4.90. The van der Waals surface area contributed by atoms with Crippen molar-refractivity contribution in [1.29, 1.82) is 0 Å². The topological polar surface area (TPSA) is 45.2 Å². The van der Waals surface area contributed by atoms with E-state index in [0.717, 1.165) is 38.4 Å². The maximum absolute atomic E-state index is 13.1. The number of fused-ring (bicyclic) bond motifs is 1. The minimum atomic E-state index is -4.35. The van der Waals surface area contributed by atoms with E-state index in [1.807, 2.05) is 42.2 Å². The first-order chi connectivity index (χ1) is 15.4. The van der Waals surface area contributed by atoms with Crippen LogP contribution in [0.2, 0.25) is 0 Å². The van der Waals surface area contributed by atoms with Gasteiger partial charge in [-0.15, -0.1) is 21.5 Å². The molecule has 0 amide bonds. The molecule has 1 aliphatic heterocycles. The van der Waals surface area contributed by atoms with Crippen LogP contribution in [0, 0.1) is 6.92 Å². The van der Waals surface area contributed by atoms with Crippen LogP contribution in [0.15, 0.2) is 54.6 Å². The lowest BCUT2D eigenvalue weighted by atomic mass is 10.1. The Morgan fingerprint density at radius 1 is 0.875 bits per heavy atom. The second-order valence-corrected chi connectivity index (χ2v) is 8.87. The van der Waals surface area contributed by atoms with Crippen molar-refractivity contribution in [2.24, 2.45) is 0 Å². The van der Waals surface area contributed by atoms with Crippen LogP contribution in [-0.2, 0) is 6.18 Å². The van der Waals surface area contributed by atoms with Crippen LogP contribution < -0.4 is 9.80 Å². The molecular weight excluding hydrogens is 435 g/mol. The highest BCUT2D eigenvalue weighted by Crippen LogP contribution is 2.36. The molecule has 9 heteroatoms. The number of benzene rings is 2. The van der Waals surface area contributed by atoms with Gasteiger partial charge in [-0.1, -0.05) is 36.4 Å². The maximum atomic E-state index is 13.1. The molecule has 4 aromatic rings. The van der Waals surface area contributed by atoms with Gasteiger partial charge < -0.3 is 9.80 Å². The Morgan fingerprint density at radius 2 is 1.59 bits per heavy atom. The Bertz CT molecular complexity index is 1250. The van der Waals surface area contributed by atoms with Crippen LogP contribution in [0.3, 0.4) is 0 Å². The molecule has 0 saturated carbocycles. The number of anilines is 2. The smallest absolute Gasteiger partial charge is 0.368 e. The van der Waals surface area contributed by atoms with E-state index in [1.54, 1.807) is 17.4 Å². The Labute approximate surface area is 187 Å². The van der Waals surface area contributed by atoms with Gasteiger partial charge in [0, 0.05) is 37.4 Å². The van der Waals surface area contributed by atoms with Crippen LogP contribution in [-0.4, -0.2) is 41.4 Å². The molecule has 5 nitrogen and oxygen atoms in total. The van der Waals surface area contributed by atoms with Crippen molar-refractivity contribution in [3.8, 4) is 11.3 Å². The lowest BCUT2D eigenvalue weighted by Crippen LogP contribution is -2.47. The van der Waals surface area contributed by atoms with Gasteiger partial charge in [0.2, 0.25) is 0 Å². The summed E-state index contributed by atoms with van der Waals surface area (Å²) in [5, 5.41) is 9.98. The molecule has 32 heavy (non-hydrogen) atoms. The molecule has 0 unspecified atom stereocenters. The Hall–Kier alpha value is -3.20. The zero-order chi connectivity index (χ0) is 22.3. The molecule has 2 aromatic carbocycles. The summed E-state index contributed by atoms with van der Waals surface area (Å²) in [6, 6.07) is 15.4. The highest BCUT2D eigenvalue weighted by Gasteiger charge is 2.31. The first kappa shape index (κ1) is 20.7. The zero-order valence-corrected chi connectivity index (χ0v) is 18.1. The predicted octanol–water partition coefficient (Wildman–Crippen LogP) is 5.41. The lowest BCUT2D eigenvalue weighted by molar-refractivity contribution is -0.137. The molecule has 1 fully saturated rings. The summed E-state index contributed by atoms with van der Waals surface area (Å²) in [5.41, 5.74) is 2.60. The number of rotatable bonds is 3. The van der Waals surface area contributed by atoms with E-state index in [2.05, 4.69) is 15.1 Å². The molecule has 2 aromatic heterocycles. The largest absolute Gasteiger partial charge is 0.416 e. The molecule has 5 rings (SSSR count). The fourth-order valence-electron chi connectivity index (χ4n) is 3.98. The first-order valence-electron chi connectivity index (χ1n) is 10.3. The van der Waals surface area contributed by atoms with Crippen LogP contribution in [0.25, 0.3) is 21.5 Å². The van der Waals surface area contributed by atoms with Gasteiger partial charge in [0.1, 0.15) is 11.2 Å². The summed E-state index contributed by atoms with van der Waals surface area (Å²) in [4.78, 5) is 8.82. The number of aryl methyl sites for hydroxylation is 1. The predicted molar refractivity (Wildman–Crippen MR) is 121 cm³/mol. The third-order valence-electron chi connectivity index (χ3n) is 5.57. The second kappa shape index (κ2) is 8.05. The SMILES string of the molecule is Cc1nc2c(N3CCN(c4cccc(C(F)(F)F)c4)CC3)nnc(-c3ccccc3)c2s1. The van der Waals surface area contributed by atoms with Gasteiger partial charge in [-0.05, 0) is 25.1 Å². The molecular formula is C23H20F3N5S. The summed E-state index contributed by atoms with van der Waals surface area (Å²) >= 11 is 1.60. The van der Waals surface area contributed by atoms with Crippen molar-refractivity contribution in [3.63, 3.8) is 0 Å². The van der Waals surface area contributed by atoms with Crippen LogP contribution in [0.1, 0.15) is 10.6 Å². The normalized spacial score (nSPS) is 14.9. The van der Waals surface area contributed by atoms with Crippen molar-refractivity contribution < 1.29 is 13.2 Å². The number of halogens is 3. The van der Waals surface area contributed by atoms with Crippen molar-refractivity contribution in [1.82, 2.24) is 15.2 Å². The monoisotopic (exact) mass is 455 g/mol. The Kier molecular flexibility index (Phi) is 5.21. The number of piperazine rings is 1. The number of thiazole rings is 1. The molecule has 164 valence electrons. The molecule has 0 aliphatic carbocycles. The minimum absolute atomic E-state index is 0.583. The average molecular weight is 456 g/mol. The van der Waals surface area contributed by atoms with Gasteiger partial charge in [-0.3, -0.25) is 0 Å². The van der Waals surface area contributed by atoms with Crippen LogP contribution in [0.5, 0.6) is 0 Å². The van der Waals surface area contributed by atoms with Crippen molar-refractivity contribution in [3.05, 3.63) is 65.2 Å². The van der Waals surface area contributed by atoms with Gasteiger partial charge in [0.15, 0.2) is 5.82 Å². The van der Waals surface area contributed by atoms with Crippen molar-refractivity contribution in [2.75, 3.05) is 36.0 Å². The van der Waals surface area contributed by atoms with E-state index >= 15 is 0 Å². The van der Waals surface area contributed by atoms with Gasteiger partial charge in [-0.2, -0.15) is 13.2 Å². The highest BCUT2D eigenvalue weighted by atomic mass is 32.1. The number of nitrogens with zero attached hydrogens (tertiary/aromatic N) is 5. The Morgan fingerprint density at radius 3 is 2.31 bits per heavy atom. The third-order valence-corrected chi connectivity index (χ3v) is 6.55. The van der Waals surface area contributed by atoms with E-state index in [0.29, 0.717) is 31.9 Å². The Balaban J connectivity index is 1.40. The van der Waals surface area contributed by atoms with Crippen LogP contribution in [0.4, 0.5) is 24.7 Å². The zero-order valence-electron chi connectivity index (χ0n) is 17.3. The van der Waals surface area contributed by atoms with E-state index < -0.39 is 11.7 Å². The van der Waals surface area contributed by atoms with E-state index in [1.165, 1.54) is 12.1 Å². The molecule has 0 spiro atoms. The number of hydrogen-bond donors (Lipinski definition) is 0. The third kappa shape index (κ3) is 3.88. The van der Waals surface area contributed by atoms with E-state index in [4.69, 9.17) is 4.98 Å². The summed E-state index contributed by atoms with van der Waals surface area (Å²) in [6.45, 7) is 4.40. The number of aromatic nitrogens is 3. The van der Waals surface area contributed by atoms with E-state index in [-0.39, 0.29) is 0 Å². The van der Waals surface area contributed by atoms with Gasteiger partial charge in [0.05, 0.1) is 15.3 Å². The van der Waals surface area contributed by atoms with Crippen LogP contribution >= 0.6 is 11.3 Å². The summed E-state index contributed by atoms with van der Waals surface area (Å²) < 4.78 is 40.2. The standard InChI is InChI=1S/C23H20F3N5S/c1-15-27-20-21(32-15)19(16-6-3-2-4-7-16)28-29-22(20)31-12-10-30(11-13-31)18-9-5-8-17(14-18)23(24,25)26/h2-9,14H,10-13H2,1H3. The molecule has 0 N–H and O–H groups in total. The molecule has 0 atom stereocenters. The molecule has 1 saturated heterocycles. The van der Waals surface area contributed by atoms with Gasteiger partial charge in [0.25, 0.3) is 0 Å². The molecule has 3 heterocycles. The molecule has 0 bridgehead atoms. The quantitative estimate of drug-likeness (QED) is 0.414. The number of alkyl halides is 3. The second-order valence-electron chi connectivity index (χ2n) is 7.67. The van der Waals surface area contributed by atoms with Crippen molar-refractivity contribution >= 4 is 33.1 Å². The lowest BCUT2D eigenvalue weighted by Gasteiger charge is -2.36. The van der Waals surface area contributed by atoms with Gasteiger partial charge in [-0.25, -0.2) is 4.98 Å². The van der Waals surface area contributed by atoms with E-state index in [9.17, 15) is 13.2 Å². The van der Waals surface area contributed by atoms with Gasteiger partial charge >= 0.3 is 6.18 Å². The molecule has 0 radical (unpaired) electrons. The van der Waals surface area contributed by atoms with Crippen molar-refractivity contribution in [2.45, 2.75) is 13.1 Å². The first-order valence-corrected chi connectivity index (χ1v) is 11.1. The summed E-state index contributed by atoms with van der Waals surface area (Å²) in [7, 11) is 0. The summed E-state index contributed by atoms with van der Waals surface area (Å²) in [6.07, 6.45) is -4.35. The summed E-state index contributed by atoms with van der Waals surface area (Å²) in [5.74, 6) is 0.729. The number of hydrogen-bond acceptors (Lipinski definition) is 6. The minimum Gasteiger partial charge on any atom is -0.368 e. The fraction of sp³-hybridized carbons (Fsp3) is 0.261. The highest BCUT2D eigenvalue weighted by molar-refractivity contribution is 7.19. The average Bonchev–Trinajstić information content (AvgIpc) is 3.20. The maximum Gasteiger partial charge on any atom is 0.416 e.